The van der Waals surface area contributed by atoms with E-state index in [1.54, 1.807) is 72.5 Å². The number of hydroxylamine groups is 2. The largest absolute Gasteiger partial charge is 0.394 e. The topological polar surface area (TPSA) is 101 Å². The van der Waals surface area contributed by atoms with E-state index in [0.717, 1.165) is 5.56 Å². The van der Waals surface area contributed by atoms with Gasteiger partial charge in [0.25, 0.3) is 11.7 Å². The summed E-state index contributed by atoms with van der Waals surface area (Å²) in [6, 6.07) is 15.4. The van der Waals surface area contributed by atoms with Crippen molar-refractivity contribution in [2.24, 2.45) is 7.05 Å². The Bertz CT molecular complexity index is 1530. The summed E-state index contributed by atoms with van der Waals surface area (Å²) in [5.74, 6) is -2.89. The van der Waals surface area contributed by atoms with Gasteiger partial charge in [0, 0.05) is 48.6 Å². The van der Waals surface area contributed by atoms with Gasteiger partial charge >= 0.3 is 0 Å². The first-order chi connectivity index (χ1) is 19.2. The van der Waals surface area contributed by atoms with Crippen LogP contribution in [0, 0.1) is 0 Å². The van der Waals surface area contributed by atoms with Crippen LogP contribution in [0.4, 0.5) is 4.39 Å². The van der Waals surface area contributed by atoms with E-state index in [2.05, 4.69) is 9.97 Å². The van der Waals surface area contributed by atoms with Gasteiger partial charge in [0.2, 0.25) is 0 Å². The average Bonchev–Trinajstić information content (AvgIpc) is 3.45. The fraction of sp³-hybridized carbons (Fsp3) is 0.276. The molecule has 2 N–H and O–H groups in total. The Balaban J connectivity index is 1.68. The smallest absolute Gasteiger partial charge is 0.281 e. The lowest BCUT2D eigenvalue weighted by Crippen LogP contribution is -2.49. The average molecular weight is 585 g/mol. The van der Waals surface area contributed by atoms with Gasteiger partial charge in [-0.25, -0.2) is 14.4 Å². The zero-order chi connectivity index (χ0) is 28.4. The number of imidazole rings is 1. The van der Waals surface area contributed by atoms with Gasteiger partial charge in [-0.2, -0.15) is 5.06 Å². The molecule has 8 nitrogen and oxygen atoms in total. The van der Waals surface area contributed by atoms with Crippen molar-refractivity contribution in [1.29, 1.82) is 0 Å². The van der Waals surface area contributed by atoms with Crippen molar-refractivity contribution in [1.82, 2.24) is 19.6 Å². The Hall–Kier alpha value is -3.34. The molecule has 0 spiro atoms. The van der Waals surface area contributed by atoms with E-state index in [-0.39, 0.29) is 42.1 Å². The molecule has 208 valence electrons. The van der Waals surface area contributed by atoms with Crippen LogP contribution in [0.1, 0.15) is 39.4 Å². The summed E-state index contributed by atoms with van der Waals surface area (Å²) in [5.41, 5.74) is 2.38. The predicted molar refractivity (Wildman–Crippen MR) is 148 cm³/mol. The Kier molecular flexibility index (Phi) is 8.21. The standard InChI is InChI=1S/C29H27Cl2FN4O4/c1-35-14-13-33-26(35)12-11-24(38)29(32)27-22(28(39)36(29)40-16-15-37)10-9-21(18-5-7-19(30)8-6-18)23(27)17-20-3-2-4-25(31)34-20/h2-10,13-14,24,37-38H,11-12,15-17H2,1H3/t24?,29-/m1/s1. The number of aliphatic hydroxyl groups excluding tert-OH is 2. The quantitative estimate of drug-likeness (QED) is 0.204. The van der Waals surface area contributed by atoms with Crippen molar-refractivity contribution >= 4 is 29.1 Å². The highest BCUT2D eigenvalue weighted by Gasteiger charge is 2.58. The minimum absolute atomic E-state index is 0.0167. The van der Waals surface area contributed by atoms with Gasteiger partial charge in [0.05, 0.1) is 18.8 Å². The van der Waals surface area contributed by atoms with E-state index in [1.165, 1.54) is 6.07 Å². The van der Waals surface area contributed by atoms with Crippen LogP contribution in [-0.2, 0) is 30.5 Å². The molecule has 11 heteroatoms. The number of aryl methyl sites for hydroxylation is 2. The van der Waals surface area contributed by atoms with E-state index < -0.39 is 24.4 Å². The number of hydrogen-bond acceptors (Lipinski definition) is 6. The molecule has 0 saturated heterocycles. The molecule has 2 aromatic carbocycles. The summed E-state index contributed by atoms with van der Waals surface area (Å²) in [4.78, 5) is 27.7. The van der Waals surface area contributed by atoms with Crippen molar-refractivity contribution in [2.45, 2.75) is 31.2 Å². The third-order valence-electron chi connectivity index (χ3n) is 6.98. The molecule has 40 heavy (non-hydrogen) atoms. The molecule has 1 amide bonds. The number of aromatic nitrogens is 3. The summed E-state index contributed by atoms with van der Waals surface area (Å²) in [7, 11) is 1.81. The van der Waals surface area contributed by atoms with Crippen molar-refractivity contribution < 1.29 is 24.2 Å². The molecular formula is C29H27Cl2FN4O4. The van der Waals surface area contributed by atoms with Gasteiger partial charge in [-0.15, -0.1) is 0 Å². The highest BCUT2D eigenvalue weighted by Crippen LogP contribution is 2.49. The van der Waals surface area contributed by atoms with Crippen molar-refractivity contribution in [3.8, 4) is 11.1 Å². The number of rotatable bonds is 10. The van der Waals surface area contributed by atoms with Crippen LogP contribution in [0.2, 0.25) is 10.2 Å². The molecular weight excluding hydrogens is 558 g/mol. The van der Waals surface area contributed by atoms with Crippen molar-refractivity contribution in [3.63, 3.8) is 0 Å². The second-order valence-electron chi connectivity index (χ2n) is 9.49. The van der Waals surface area contributed by atoms with Gasteiger partial charge in [-0.1, -0.05) is 47.5 Å². The van der Waals surface area contributed by atoms with Crippen LogP contribution < -0.4 is 0 Å². The van der Waals surface area contributed by atoms with Crippen molar-refractivity contribution in [3.05, 3.63) is 105 Å². The summed E-state index contributed by atoms with van der Waals surface area (Å²) < 4.78 is 19.4. The highest BCUT2D eigenvalue weighted by atomic mass is 35.5. The minimum Gasteiger partial charge on any atom is -0.394 e. The maximum absolute atomic E-state index is 17.6. The predicted octanol–water partition coefficient (Wildman–Crippen LogP) is 4.88. The van der Waals surface area contributed by atoms with Crippen LogP contribution in [0.15, 0.2) is 67.0 Å². The van der Waals surface area contributed by atoms with Gasteiger partial charge < -0.3 is 14.8 Å². The summed E-state index contributed by atoms with van der Waals surface area (Å²) in [6.45, 7) is -0.790. The number of alkyl halides is 1. The molecule has 2 aromatic heterocycles. The van der Waals surface area contributed by atoms with Crippen LogP contribution in [0.3, 0.4) is 0 Å². The van der Waals surface area contributed by atoms with Gasteiger partial charge in [-0.3, -0.25) is 9.63 Å². The number of pyridine rings is 1. The first-order valence-electron chi connectivity index (χ1n) is 12.7. The summed E-state index contributed by atoms with van der Waals surface area (Å²) in [5, 5.41) is 22.2. The first kappa shape index (κ1) is 28.2. The van der Waals surface area contributed by atoms with Gasteiger partial charge in [0.1, 0.15) is 17.1 Å². The SMILES string of the molecule is Cn1ccnc1CCC(O)[C@]1(F)c2c(ccc(-c3ccc(Cl)cc3)c2Cc2cccc(Cl)n2)C(=O)N1OCCO. The lowest BCUT2D eigenvalue weighted by molar-refractivity contribution is -0.262. The number of benzene rings is 2. The number of halogens is 3. The first-order valence-corrected chi connectivity index (χ1v) is 13.4. The third kappa shape index (κ3) is 5.23. The molecule has 3 heterocycles. The summed E-state index contributed by atoms with van der Waals surface area (Å²) >= 11 is 12.3. The Morgan fingerprint density at radius 3 is 2.52 bits per heavy atom. The van der Waals surface area contributed by atoms with E-state index >= 15 is 4.39 Å². The van der Waals surface area contributed by atoms with Crippen molar-refractivity contribution in [2.75, 3.05) is 13.2 Å². The lowest BCUT2D eigenvalue weighted by Gasteiger charge is -2.35. The highest BCUT2D eigenvalue weighted by molar-refractivity contribution is 6.30. The maximum Gasteiger partial charge on any atom is 0.281 e. The second-order valence-corrected chi connectivity index (χ2v) is 10.3. The minimum atomic E-state index is -2.77. The van der Waals surface area contributed by atoms with E-state index in [9.17, 15) is 15.0 Å². The second kappa shape index (κ2) is 11.6. The molecule has 0 aliphatic carbocycles. The Morgan fingerprint density at radius 2 is 1.85 bits per heavy atom. The molecule has 1 aliphatic heterocycles. The number of carbonyl (C=O) groups excluding carboxylic acids is 1. The van der Waals surface area contributed by atoms with Gasteiger partial charge in [0.15, 0.2) is 0 Å². The molecule has 0 saturated carbocycles. The molecule has 0 fully saturated rings. The Labute approximate surface area is 240 Å². The van der Waals surface area contributed by atoms with E-state index in [4.69, 9.17) is 28.0 Å². The fourth-order valence-corrected chi connectivity index (χ4v) is 5.39. The maximum atomic E-state index is 17.6. The zero-order valence-electron chi connectivity index (χ0n) is 21.6. The molecule has 5 rings (SSSR count). The third-order valence-corrected chi connectivity index (χ3v) is 7.44. The monoisotopic (exact) mass is 584 g/mol. The molecule has 1 aliphatic rings. The van der Waals surface area contributed by atoms with Crippen LogP contribution in [-0.4, -0.2) is 55.0 Å². The summed E-state index contributed by atoms with van der Waals surface area (Å²) in [6.07, 6.45) is 1.97. The Morgan fingerprint density at radius 1 is 1.10 bits per heavy atom. The molecule has 2 atom stereocenters. The van der Waals surface area contributed by atoms with Crippen LogP contribution in [0.5, 0.6) is 0 Å². The van der Waals surface area contributed by atoms with Gasteiger partial charge in [-0.05, 0) is 53.4 Å². The number of amides is 1. The number of nitrogens with zero attached hydrogens (tertiary/aromatic N) is 4. The molecule has 1 unspecified atom stereocenters. The number of carbonyl (C=O) groups is 1. The number of aliphatic hydroxyl groups is 2. The van der Waals surface area contributed by atoms with Crippen LogP contribution >= 0.6 is 23.2 Å². The fourth-order valence-electron chi connectivity index (χ4n) is 5.08. The molecule has 0 bridgehead atoms. The van der Waals surface area contributed by atoms with E-state index in [1.807, 2.05) is 0 Å². The van der Waals surface area contributed by atoms with E-state index in [0.29, 0.717) is 32.7 Å². The number of fused-ring (bicyclic) bond motifs is 1. The molecule has 0 radical (unpaired) electrons. The normalized spacial score (nSPS) is 17.4. The zero-order valence-corrected chi connectivity index (χ0v) is 23.1. The van der Waals surface area contributed by atoms with Crippen LogP contribution in [0.25, 0.3) is 11.1 Å². The lowest BCUT2D eigenvalue weighted by atomic mass is 9.84. The number of hydrogen-bond donors (Lipinski definition) is 2. The molecule has 4 aromatic rings.